The van der Waals surface area contributed by atoms with Gasteiger partial charge in [0.1, 0.15) is 18.2 Å². The summed E-state index contributed by atoms with van der Waals surface area (Å²) in [6, 6.07) is 7.32. The number of aromatic nitrogens is 2. The maximum atomic E-state index is 12.8. The molecule has 0 bridgehead atoms. The zero-order chi connectivity index (χ0) is 27.7. The lowest BCUT2D eigenvalue weighted by atomic mass is 10.0. The van der Waals surface area contributed by atoms with Crippen molar-refractivity contribution >= 4 is 17.8 Å². The highest BCUT2D eigenvalue weighted by Crippen LogP contribution is 2.30. The number of anilines is 1. The van der Waals surface area contributed by atoms with Crippen molar-refractivity contribution in [3.8, 4) is 11.4 Å². The monoisotopic (exact) mass is 538 g/mol. The molecule has 0 radical (unpaired) electrons. The number of rotatable bonds is 5. The minimum absolute atomic E-state index is 0.146. The number of piperazine rings is 1. The van der Waals surface area contributed by atoms with Crippen LogP contribution in [0.15, 0.2) is 35.3 Å². The molecule has 3 amide bonds. The van der Waals surface area contributed by atoms with Gasteiger partial charge in [-0.05, 0) is 63.4 Å². The number of benzene rings is 1. The number of fused-ring (bicyclic) bond motifs is 1. The first-order valence-electron chi connectivity index (χ1n) is 13.6. The molecule has 12 heteroatoms. The minimum Gasteiger partial charge on any atom is -0.492 e. The molecular weight excluding hydrogens is 500 g/mol. The van der Waals surface area contributed by atoms with Crippen molar-refractivity contribution in [3.63, 3.8) is 0 Å². The largest absolute Gasteiger partial charge is 0.492 e. The molecule has 5 rings (SSSR count). The van der Waals surface area contributed by atoms with Crippen molar-refractivity contribution in [2.24, 2.45) is 17.4 Å². The summed E-state index contributed by atoms with van der Waals surface area (Å²) in [5, 5.41) is 2.69. The van der Waals surface area contributed by atoms with Crippen molar-refractivity contribution in [3.05, 3.63) is 46.5 Å². The molecule has 2 saturated heterocycles. The van der Waals surface area contributed by atoms with Crippen LogP contribution in [-0.4, -0.2) is 100 Å². The second kappa shape index (κ2) is 10.9. The van der Waals surface area contributed by atoms with E-state index in [1.807, 2.05) is 18.2 Å². The number of carbonyl (C=O) groups is 2. The third-order valence-corrected chi connectivity index (χ3v) is 7.83. The van der Waals surface area contributed by atoms with Gasteiger partial charge in [0.15, 0.2) is 0 Å². The number of hydrogen-bond donors (Lipinski definition) is 3. The Balaban J connectivity index is 1.19. The van der Waals surface area contributed by atoms with Gasteiger partial charge in [-0.15, -0.1) is 0 Å². The highest BCUT2D eigenvalue weighted by molar-refractivity contribution is 5.89. The van der Waals surface area contributed by atoms with Crippen LogP contribution >= 0.6 is 0 Å². The molecule has 39 heavy (non-hydrogen) atoms. The molecule has 1 aromatic carbocycles. The normalized spacial score (nSPS) is 21.8. The molecule has 1 unspecified atom stereocenters. The summed E-state index contributed by atoms with van der Waals surface area (Å²) in [7, 11) is 0. The first-order chi connectivity index (χ1) is 18.6. The van der Waals surface area contributed by atoms with Crippen LogP contribution in [0.3, 0.4) is 0 Å². The number of amides is 3. The Morgan fingerprint density at radius 1 is 1.13 bits per heavy atom. The second-order valence-corrected chi connectivity index (χ2v) is 11.2. The van der Waals surface area contributed by atoms with E-state index in [9.17, 15) is 14.4 Å². The molecule has 0 aliphatic carbocycles. The summed E-state index contributed by atoms with van der Waals surface area (Å²) in [4.78, 5) is 47.7. The fraction of sp³-hybridized carbons (Fsp3) is 0.556. The zero-order valence-corrected chi connectivity index (χ0v) is 22.6. The lowest BCUT2D eigenvalue weighted by molar-refractivity contribution is -0.137. The standard InChI is InChI=1S/C27H38N8O4/c1-27(2,29)24(36)32-9-11-33(12-10-32)25(37)30-23-6-8-35(26(38)31-23)20-4-3-19-13-21(17-39-22(19)14-20)34-7-5-18(15-28)16-34/h3-4,6,8,14,18,21H,5,7,9-13,15-17,28-29H2,1-2H3,(H,30,31,37,38)/t18-,21?/m1/s1. The minimum atomic E-state index is -0.951. The quantitative estimate of drug-likeness (QED) is 0.489. The van der Waals surface area contributed by atoms with E-state index in [-0.39, 0.29) is 17.8 Å². The van der Waals surface area contributed by atoms with E-state index in [0.29, 0.717) is 50.4 Å². The Bertz CT molecular complexity index is 1280. The predicted molar refractivity (Wildman–Crippen MR) is 147 cm³/mol. The van der Waals surface area contributed by atoms with E-state index >= 15 is 0 Å². The summed E-state index contributed by atoms with van der Waals surface area (Å²) in [5.74, 6) is 1.36. The highest BCUT2D eigenvalue weighted by Gasteiger charge is 2.32. The summed E-state index contributed by atoms with van der Waals surface area (Å²) in [5.41, 5.74) is 12.1. The third-order valence-electron chi connectivity index (χ3n) is 7.83. The van der Waals surface area contributed by atoms with Gasteiger partial charge in [0.25, 0.3) is 0 Å². The molecule has 12 nitrogen and oxygen atoms in total. The zero-order valence-electron chi connectivity index (χ0n) is 22.6. The van der Waals surface area contributed by atoms with Crippen molar-refractivity contribution in [2.75, 3.05) is 57.7 Å². The van der Waals surface area contributed by atoms with Gasteiger partial charge in [-0.1, -0.05) is 6.07 Å². The fourth-order valence-electron chi connectivity index (χ4n) is 5.49. The van der Waals surface area contributed by atoms with Crippen LogP contribution in [0.4, 0.5) is 10.6 Å². The molecule has 3 aliphatic heterocycles. The van der Waals surface area contributed by atoms with E-state index in [1.54, 1.807) is 35.9 Å². The average molecular weight is 539 g/mol. The van der Waals surface area contributed by atoms with Gasteiger partial charge >= 0.3 is 11.7 Å². The summed E-state index contributed by atoms with van der Waals surface area (Å²) < 4.78 is 7.53. The Labute approximate surface area is 227 Å². The van der Waals surface area contributed by atoms with E-state index in [0.717, 1.165) is 43.8 Å². The van der Waals surface area contributed by atoms with Crippen molar-refractivity contribution < 1.29 is 14.3 Å². The first-order valence-corrected chi connectivity index (χ1v) is 13.6. The van der Waals surface area contributed by atoms with E-state index in [1.165, 1.54) is 4.57 Å². The average Bonchev–Trinajstić information content (AvgIpc) is 3.41. The number of likely N-dealkylation sites (tertiary alicyclic amines) is 1. The highest BCUT2D eigenvalue weighted by atomic mass is 16.5. The topological polar surface area (TPSA) is 152 Å². The van der Waals surface area contributed by atoms with Crippen LogP contribution < -0.4 is 27.2 Å². The molecule has 5 N–H and O–H groups in total. The number of hydrogen-bond acceptors (Lipinski definition) is 8. The van der Waals surface area contributed by atoms with Gasteiger partial charge in [0.2, 0.25) is 5.91 Å². The van der Waals surface area contributed by atoms with Crippen LogP contribution in [0.2, 0.25) is 0 Å². The van der Waals surface area contributed by atoms with Gasteiger partial charge in [-0.25, -0.2) is 9.59 Å². The smallest absolute Gasteiger partial charge is 0.354 e. The van der Waals surface area contributed by atoms with Crippen LogP contribution in [0.5, 0.6) is 5.75 Å². The second-order valence-electron chi connectivity index (χ2n) is 11.2. The maximum absolute atomic E-state index is 12.8. The molecule has 1 aromatic heterocycles. The van der Waals surface area contributed by atoms with Crippen molar-refractivity contribution in [1.29, 1.82) is 0 Å². The van der Waals surface area contributed by atoms with Crippen LogP contribution in [0.25, 0.3) is 5.69 Å². The number of nitrogens with one attached hydrogen (secondary N) is 1. The van der Waals surface area contributed by atoms with Gasteiger partial charge in [-0.3, -0.25) is 19.6 Å². The first kappa shape index (κ1) is 27.1. The molecule has 2 fully saturated rings. The molecular formula is C27H38N8O4. The van der Waals surface area contributed by atoms with Crippen molar-refractivity contribution in [1.82, 2.24) is 24.3 Å². The molecule has 2 atom stereocenters. The van der Waals surface area contributed by atoms with Crippen LogP contribution in [0.1, 0.15) is 25.8 Å². The maximum Gasteiger partial charge on any atom is 0.354 e. The molecule has 0 spiro atoms. The Hall–Kier alpha value is -3.48. The van der Waals surface area contributed by atoms with E-state index in [4.69, 9.17) is 16.2 Å². The number of nitrogens with two attached hydrogens (primary N) is 2. The van der Waals surface area contributed by atoms with E-state index < -0.39 is 11.2 Å². The Kier molecular flexibility index (Phi) is 7.61. The third kappa shape index (κ3) is 5.92. The fourth-order valence-corrected chi connectivity index (χ4v) is 5.49. The predicted octanol–water partition coefficient (Wildman–Crippen LogP) is 0.230. The number of ether oxygens (including phenoxy) is 1. The van der Waals surface area contributed by atoms with Gasteiger partial charge in [-0.2, -0.15) is 4.98 Å². The van der Waals surface area contributed by atoms with Crippen molar-refractivity contribution in [2.45, 2.75) is 38.3 Å². The number of nitrogens with zero attached hydrogens (tertiary/aromatic N) is 5. The van der Waals surface area contributed by atoms with Crippen LogP contribution in [-0.2, 0) is 11.2 Å². The molecule has 3 aliphatic rings. The number of urea groups is 1. The Morgan fingerprint density at radius 2 is 1.87 bits per heavy atom. The molecule has 2 aromatic rings. The molecule has 0 saturated carbocycles. The lowest BCUT2D eigenvalue weighted by Crippen LogP contribution is -2.58. The lowest BCUT2D eigenvalue weighted by Gasteiger charge is -2.37. The van der Waals surface area contributed by atoms with Gasteiger partial charge in [0, 0.05) is 51.0 Å². The molecule has 4 heterocycles. The summed E-state index contributed by atoms with van der Waals surface area (Å²) in [6.45, 7) is 8.27. The molecule has 210 valence electrons. The summed E-state index contributed by atoms with van der Waals surface area (Å²) in [6.07, 6.45) is 3.63. The Morgan fingerprint density at radius 3 is 2.54 bits per heavy atom. The van der Waals surface area contributed by atoms with Gasteiger partial charge in [0.05, 0.1) is 11.2 Å². The summed E-state index contributed by atoms with van der Waals surface area (Å²) >= 11 is 0. The number of carbonyl (C=O) groups excluding carboxylic acids is 2. The van der Waals surface area contributed by atoms with Crippen LogP contribution in [0, 0.1) is 5.92 Å². The van der Waals surface area contributed by atoms with Gasteiger partial charge < -0.3 is 26.0 Å². The van der Waals surface area contributed by atoms with E-state index in [2.05, 4.69) is 15.2 Å². The SMILES string of the molecule is CC(C)(N)C(=O)N1CCN(C(=O)Nc2ccn(-c3ccc4c(c3)OCC(N3CC[C@H](CN)C3)C4)c(=O)n2)CC1.